The van der Waals surface area contributed by atoms with Gasteiger partial charge in [-0.3, -0.25) is 0 Å². The number of hydrogen-bond donors (Lipinski definition) is 0. The van der Waals surface area contributed by atoms with Gasteiger partial charge in [0.1, 0.15) is 5.75 Å². The molecule has 2 aromatic rings. The van der Waals surface area contributed by atoms with Crippen molar-refractivity contribution in [2.75, 3.05) is 0 Å². The molecule has 84 valence electrons. The van der Waals surface area contributed by atoms with Crippen LogP contribution in [-0.2, 0) is 10.3 Å². The minimum Gasteiger partial charge on any atom is -0.366 e. The first kappa shape index (κ1) is 10.7. The van der Waals surface area contributed by atoms with E-state index in [-0.39, 0.29) is 5.75 Å². The maximum Gasteiger partial charge on any atom is 0.429 e. The predicted octanol–water partition coefficient (Wildman–Crippen LogP) is 1.36. The van der Waals surface area contributed by atoms with Gasteiger partial charge in [-0.05, 0) is 25.1 Å². The van der Waals surface area contributed by atoms with Gasteiger partial charge in [0, 0.05) is 6.20 Å². The van der Waals surface area contributed by atoms with E-state index >= 15 is 0 Å². The minimum atomic E-state index is -3.88. The zero-order chi connectivity index (χ0) is 11.6. The highest BCUT2D eigenvalue weighted by atomic mass is 32.2. The van der Waals surface area contributed by atoms with Crippen LogP contribution in [0.1, 0.15) is 5.56 Å². The molecule has 0 bridgehead atoms. The number of benzene rings is 1. The van der Waals surface area contributed by atoms with Gasteiger partial charge >= 0.3 is 10.3 Å². The van der Waals surface area contributed by atoms with E-state index < -0.39 is 10.3 Å². The van der Waals surface area contributed by atoms with E-state index in [9.17, 15) is 8.42 Å². The molecule has 0 fully saturated rings. The lowest BCUT2D eigenvalue weighted by molar-refractivity contribution is 0.469. The van der Waals surface area contributed by atoms with Crippen LogP contribution in [0.3, 0.4) is 0 Å². The highest BCUT2D eigenvalue weighted by molar-refractivity contribution is 7.85. The molecule has 0 atom stereocenters. The van der Waals surface area contributed by atoms with E-state index in [0.717, 1.165) is 9.65 Å². The van der Waals surface area contributed by atoms with Gasteiger partial charge in [0.05, 0.1) is 6.20 Å². The third-order valence-electron chi connectivity index (χ3n) is 1.93. The third-order valence-corrected chi connectivity index (χ3v) is 3.01. The van der Waals surface area contributed by atoms with E-state index in [2.05, 4.69) is 5.10 Å². The summed E-state index contributed by atoms with van der Waals surface area (Å²) in [6.07, 6.45) is 2.68. The number of rotatable bonds is 3. The lowest BCUT2D eigenvalue weighted by Crippen LogP contribution is -2.19. The van der Waals surface area contributed by atoms with Crippen LogP contribution in [0.25, 0.3) is 0 Å². The molecule has 0 saturated heterocycles. The molecule has 0 aliphatic rings. The Kier molecular flexibility index (Phi) is 2.66. The second-order valence-electron chi connectivity index (χ2n) is 3.23. The Morgan fingerprint density at radius 3 is 2.50 bits per heavy atom. The van der Waals surface area contributed by atoms with Gasteiger partial charge in [-0.1, -0.05) is 17.7 Å². The Morgan fingerprint density at radius 2 is 1.94 bits per heavy atom. The van der Waals surface area contributed by atoms with Crippen LogP contribution in [0.5, 0.6) is 5.75 Å². The zero-order valence-corrected chi connectivity index (χ0v) is 9.39. The molecule has 0 aliphatic heterocycles. The van der Waals surface area contributed by atoms with E-state index in [1.807, 2.05) is 6.92 Å². The van der Waals surface area contributed by atoms with E-state index in [1.165, 1.54) is 18.5 Å². The molecule has 1 heterocycles. The second kappa shape index (κ2) is 3.97. The number of hydrogen-bond acceptors (Lipinski definition) is 4. The van der Waals surface area contributed by atoms with Gasteiger partial charge in [-0.15, -0.1) is 4.09 Å². The summed E-state index contributed by atoms with van der Waals surface area (Å²) in [6, 6.07) is 8.24. The Bertz CT molecular complexity index is 559. The zero-order valence-electron chi connectivity index (χ0n) is 8.57. The molecule has 2 rings (SSSR count). The molecule has 0 N–H and O–H groups in total. The summed E-state index contributed by atoms with van der Waals surface area (Å²) >= 11 is 0. The van der Waals surface area contributed by atoms with E-state index in [4.69, 9.17) is 4.18 Å². The number of nitrogens with zero attached hydrogens (tertiary/aromatic N) is 2. The molecule has 0 aliphatic carbocycles. The van der Waals surface area contributed by atoms with Gasteiger partial charge in [-0.25, -0.2) is 0 Å². The van der Waals surface area contributed by atoms with Gasteiger partial charge in [0.2, 0.25) is 0 Å². The molecule has 16 heavy (non-hydrogen) atoms. The molecule has 5 nitrogen and oxygen atoms in total. The molecule has 0 amide bonds. The van der Waals surface area contributed by atoms with Crippen molar-refractivity contribution in [3.05, 3.63) is 48.3 Å². The standard InChI is InChI=1S/C10H10N2O3S/c1-9-3-5-10(6-4-9)15-16(13,14)12-8-2-7-11-12/h2-8H,1H3. The largest absolute Gasteiger partial charge is 0.429 e. The first-order chi connectivity index (χ1) is 7.58. The van der Waals surface area contributed by atoms with Crippen molar-refractivity contribution in [3.63, 3.8) is 0 Å². The average molecular weight is 238 g/mol. The molecule has 0 unspecified atom stereocenters. The maximum absolute atomic E-state index is 11.6. The van der Waals surface area contributed by atoms with Crippen LogP contribution in [0.2, 0.25) is 0 Å². The lowest BCUT2D eigenvalue weighted by Gasteiger charge is -2.06. The maximum atomic E-state index is 11.6. The van der Waals surface area contributed by atoms with Crippen molar-refractivity contribution < 1.29 is 12.6 Å². The van der Waals surface area contributed by atoms with Crippen molar-refractivity contribution in [2.45, 2.75) is 6.92 Å². The third kappa shape index (κ3) is 2.22. The quantitative estimate of drug-likeness (QED) is 0.810. The van der Waals surface area contributed by atoms with Crippen LogP contribution in [0, 0.1) is 6.92 Å². The Balaban J connectivity index is 2.25. The van der Waals surface area contributed by atoms with Crippen molar-refractivity contribution in [3.8, 4) is 5.75 Å². The fourth-order valence-electron chi connectivity index (χ4n) is 1.14. The second-order valence-corrected chi connectivity index (χ2v) is 4.63. The fraction of sp³-hybridized carbons (Fsp3) is 0.100. The van der Waals surface area contributed by atoms with Crippen molar-refractivity contribution in [2.24, 2.45) is 0 Å². The summed E-state index contributed by atoms with van der Waals surface area (Å²) < 4.78 is 28.9. The van der Waals surface area contributed by atoms with E-state index in [1.54, 1.807) is 24.3 Å². The van der Waals surface area contributed by atoms with Crippen LogP contribution in [0.4, 0.5) is 0 Å². The summed E-state index contributed by atoms with van der Waals surface area (Å²) in [6.45, 7) is 1.91. The summed E-state index contributed by atoms with van der Waals surface area (Å²) in [5.41, 5.74) is 1.03. The van der Waals surface area contributed by atoms with Crippen LogP contribution in [0.15, 0.2) is 42.7 Å². The van der Waals surface area contributed by atoms with Gasteiger partial charge < -0.3 is 4.18 Å². The van der Waals surface area contributed by atoms with E-state index in [0.29, 0.717) is 0 Å². The minimum absolute atomic E-state index is 0.265. The highest BCUT2D eigenvalue weighted by Crippen LogP contribution is 2.14. The summed E-state index contributed by atoms with van der Waals surface area (Å²) in [7, 11) is -3.88. The average Bonchev–Trinajstić information content (AvgIpc) is 2.75. The molecule has 1 aromatic heterocycles. The smallest absolute Gasteiger partial charge is 0.366 e. The Hall–Kier alpha value is -1.82. The number of aryl methyl sites for hydroxylation is 1. The van der Waals surface area contributed by atoms with Gasteiger partial charge in [0.15, 0.2) is 0 Å². The topological polar surface area (TPSA) is 61.2 Å². The normalized spacial score (nSPS) is 11.3. The highest BCUT2D eigenvalue weighted by Gasteiger charge is 2.15. The SMILES string of the molecule is Cc1ccc(OS(=O)(=O)n2cccn2)cc1. The van der Waals surface area contributed by atoms with Gasteiger partial charge in [0.25, 0.3) is 0 Å². The molecule has 1 aromatic carbocycles. The van der Waals surface area contributed by atoms with Gasteiger partial charge in [-0.2, -0.15) is 13.5 Å². The first-order valence-corrected chi connectivity index (χ1v) is 5.96. The summed E-state index contributed by atoms with van der Waals surface area (Å²) in [4.78, 5) is 0. The Morgan fingerprint density at radius 1 is 1.25 bits per heavy atom. The van der Waals surface area contributed by atoms with Crippen molar-refractivity contribution in [1.29, 1.82) is 0 Å². The molecule has 6 heteroatoms. The molecule has 0 saturated carbocycles. The van der Waals surface area contributed by atoms with Crippen LogP contribution in [-0.4, -0.2) is 17.6 Å². The van der Waals surface area contributed by atoms with Crippen molar-refractivity contribution >= 4 is 10.3 Å². The molecular weight excluding hydrogens is 228 g/mol. The molecule has 0 spiro atoms. The summed E-state index contributed by atoms with van der Waals surface area (Å²) in [5.74, 6) is 0.265. The summed E-state index contributed by atoms with van der Waals surface area (Å²) in [5, 5.41) is 3.61. The number of aromatic nitrogens is 2. The fourth-order valence-corrected chi connectivity index (χ4v) is 1.96. The van der Waals surface area contributed by atoms with Crippen molar-refractivity contribution in [1.82, 2.24) is 9.19 Å². The predicted molar refractivity (Wildman–Crippen MR) is 58.4 cm³/mol. The molecular formula is C10H10N2O3S. The lowest BCUT2D eigenvalue weighted by atomic mass is 10.2. The monoisotopic (exact) mass is 238 g/mol. The van der Waals surface area contributed by atoms with Crippen LogP contribution >= 0.6 is 0 Å². The first-order valence-electron chi connectivity index (χ1n) is 4.59. The van der Waals surface area contributed by atoms with Crippen LogP contribution < -0.4 is 4.18 Å². The Labute approximate surface area is 93.5 Å². The molecule has 0 radical (unpaired) electrons.